The maximum atomic E-state index is 12.5. The number of quaternary nitrogens is 1. The molecular formula is C21H27Cl2N4O+. The average molecular weight is 422 g/mol. The van der Waals surface area contributed by atoms with Crippen LogP contribution >= 0.6 is 23.2 Å². The Kier molecular flexibility index (Phi) is 7.05. The van der Waals surface area contributed by atoms with E-state index in [1.54, 1.807) is 23.1 Å². The first-order chi connectivity index (χ1) is 13.5. The minimum atomic E-state index is -0.419. The van der Waals surface area contributed by atoms with Crippen LogP contribution in [0, 0.1) is 0 Å². The predicted molar refractivity (Wildman–Crippen MR) is 118 cm³/mol. The molecule has 3 N–H and O–H groups in total. The van der Waals surface area contributed by atoms with Gasteiger partial charge in [-0.1, -0.05) is 23.2 Å². The zero-order chi connectivity index (χ0) is 20.1. The van der Waals surface area contributed by atoms with Gasteiger partial charge < -0.3 is 20.4 Å². The second kappa shape index (κ2) is 9.50. The van der Waals surface area contributed by atoms with Crippen LogP contribution in [-0.4, -0.2) is 44.7 Å². The Morgan fingerprint density at radius 1 is 1.14 bits per heavy atom. The van der Waals surface area contributed by atoms with Gasteiger partial charge in [-0.3, -0.25) is 4.79 Å². The summed E-state index contributed by atoms with van der Waals surface area (Å²) >= 11 is 12.1. The molecule has 7 heteroatoms. The summed E-state index contributed by atoms with van der Waals surface area (Å²) in [5, 5.41) is 7.03. The number of anilines is 3. The van der Waals surface area contributed by atoms with Crippen LogP contribution in [0.4, 0.5) is 17.1 Å². The van der Waals surface area contributed by atoms with Gasteiger partial charge in [0, 0.05) is 16.4 Å². The van der Waals surface area contributed by atoms with E-state index >= 15 is 0 Å². The molecule has 0 aromatic heterocycles. The second-order valence-corrected chi connectivity index (χ2v) is 7.96. The molecule has 1 atom stereocenters. The van der Waals surface area contributed by atoms with Crippen molar-refractivity contribution in [1.29, 1.82) is 0 Å². The van der Waals surface area contributed by atoms with E-state index in [4.69, 9.17) is 23.2 Å². The summed E-state index contributed by atoms with van der Waals surface area (Å²) in [5.41, 5.74) is 2.64. The van der Waals surface area contributed by atoms with Crippen LogP contribution in [0.15, 0.2) is 42.5 Å². The van der Waals surface area contributed by atoms with Crippen LogP contribution in [0.25, 0.3) is 0 Å². The largest absolute Gasteiger partial charge is 0.374 e. The highest BCUT2D eigenvalue weighted by Crippen LogP contribution is 2.26. The minimum Gasteiger partial charge on any atom is -0.374 e. The molecule has 0 saturated carbocycles. The SMILES string of the molecule is CC[NH+]1CCN(c2ccc(N[C@H](C)C(=O)Nc3cc(Cl)ccc3Cl)cc2)CC1. The van der Waals surface area contributed by atoms with Gasteiger partial charge in [-0.15, -0.1) is 0 Å². The number of rotatable bonds is 6. The van der Waals surface area contributed by atoms with Crippen LogP contribution in [0.5, 0.6) is 0 Å². The fraction of sp³-hybridized carbons (Fsp3) is 0.381. The van der Waals surface area contributed by atoms with E-state index in [-0.39, 0.29) is 5.91 Å². The Morgan fingerprint density at radius 3 is 2.46 bits per heavy atom. The maximum Gasteiger partial charge on any atom is 0.246 e. The second-order valence-electron chi connectivity index (χ2n) is 7.12. The predicted octanol–water partition coefficient (Wildman–Crippen LogP) is 3.16. The molecule has 28 heavy (non-hydrogen) atoms. The third kappa shape index (κ3) is 5.31. The third-order valence-corrected chi connectivity index (χ3v) is 5.73. The highest BCUT2D eigenvalue weighted by molar-refractivity contribution is 6.35. The number of nitrogens with zero attached hydrogens (tertiary/aromatic N) is 1. The lowest BCUT2D eigenvalue weighted by atomic mass is 10.2. The molecule has 5 nitrogen and oxygen atoms in total. The van der Waals surface area contributed by atoms with Gasteiger partial charge in [0.05, 0.1) is 43.4 Å². The van der Waals surface area contributed by atoms with Gasteiger partial charge in [0.1, 0.15) is 6.04 Å². The van der Waals surface area contributed by atoms with Crippen molar-refractivity contribution in [3.63, 3.8) is 0 Å². The molecule has 1 aliphatic heterocycles. The van der Waals surface area contributed by atoms with Crippen molar-refractivity contribution in [2.45, 2.75) is 19.9 Å². The summed E-state index contributed by atoms with van der Waals surface area (Å²) in [6, 6.07) is 12.8. The zero-order valence-corrected chi connectivity index (χ0v) is 17.8. The van der Waals surface area contributed by atoms with Gasteiger partial charge in [0.2, 0.25) is 5.91 Å². The fourth-order valence-corrected chi connectivity index (χ4v) is 3.69. The molecule has 2 aromatic carbocycles. The first kappa shape index (κ1) is 20.8. The number of piperazine rings is 1. The molecule has 1 saturated heterocycles. The number of halogens is 2. The van der Waals surface area contributed by atoms with Gasteiger partial charge in [-0.25, -0.2) is 0 Å². The molecule has 0 radical (unpaired) electrons. The standard InChI is InChI=1S/C21H26Cl2N4O/c1-3-26-10-12-27(13-11-26)18-7-5-17(6-8-18)24-15(2)21(28)25-20-14-16(22)4-9-19(20)23/h4-9,14-15,24H,3,10-13H2,1-2H3,(H,25,28)/p+1/t15-/m1/s1. The molecule has 1 aliphatic rings. The Labute approximate surface area is 176 Å². The summed E-state index contributed by atoms with van der Waals surface area (Å²) in [7, 11) is 0. The average Bonchev–Trinajstić information content (AvgIpc) is 2.71. The number of hydrogen-bond donors (Lipinski definition) is 3. The van der Waals surface area contributed by atoms with E-state index in [0.29, 0.717) is 15.7 Å². The highest BCUT2D eigenvalue weighted by atomic mass is 35.5. The van der Waals surface area contributed by atoms with Gasteiger partial charge >= 0.3 is 0 Å². The molecule has 0 spiro atoms. The number of nitrogens with one attached hydrogen (secondary N) is 3. The summed E-state index contributed by atoms with van der Waals surface area (Å²) in [6.07, 6.45) is 0. The Balaban J connectivity index is 1.56. The highest BCUT2D eigenvalue weighted by Gasteiger charge is 2.19. The van der Waals surface area contributed by atoms with Crippen molar-refractivity contribution < 1.29 is 9.69 Å². The fourth-order valence-electron chi connectivity index (χ4n) is 3.35. The third-order valence-electron chi connectivity index (χ3n) is 5.17. The van der Waals surface area contributed by atoms with Crippen LogP contribution in [0.2, 0.25) is 10.0 Å². The van der Waals surface area contributed by atoms with E-state index < -0.39 is 6.04 Å². The molecular weight excluding hydrogens is 395 g/mol. The first-order valence-corrected chi connectivity index (χ1v) is 10.4. The Bertz CT molecular complexity index is 805. The van der Waals surface area contributed by atoms with Crippen molar-refractivity contribution in [2.75, 3.05) is 48.3 Å². The van der Waals surface area contributed by atoms with Crippen LogP contribution in [0.3, 0.4) is 0 Å². The Hall–Kier alpha value is -1.95. The molecule has 0 aliphatic carbocycles. The van der Waals surface area contributed by atoms with E-state index in [2.05, 4.69) is 34.6 Å². The number of carbonyl (C=O) groups excluding carboxylic acids is 1. The van der Waals surface area contributed by atoms with Crippen LogP contribution in [-0.2, 0) is 4.79 Å². The first-order valence-electron chi connectivity index (χ1n) is 9.67. The number of likely N-dealkylation sites (N-methyl/N-ethyl adjacent to an activating group) is 1. The van der Waals surface area contributed by atoms with E-state index in [1.807, 2.05) is 19.1 Å². The molecule has 1 fully saturated rings. The number of amides is 1. The number of carbonyl (C=O) groups is 1. The quantitative estimate of drug-likeness (QED) is 0.671. The van der Waals surface area contributed by atoms with Gasteiger partial charge in [0.25, 0.3) is 0 Å². The lowest BCUT2D eigenvalue weighted by Crippen LogP contribution is -3.14. The number of benzene rings is 2. The van der Waals surface area contributed by atoms with Crippen molar-refractivity contribution in [1.82, 2.24) is 0 Å². The topological polar surface area (TPSA) is 48.8 Å². The summed E-state index contributed by atoms with van der Waals surface area (Å²) < 4.78 is 0. The van der Waals surface area contributed by atoms with Gasteiger partial charge in [0.15, 0.2) is 0 Å². The smallest absolute Gasteiger partial charge is 0.246 e. The van der Waals surface area contributed by atoms with Crippen molar-refractivity contribution in [3.05, 3.63) is 52.5 Å². The zero-order valence-electron chi connectivity index (χ0n) is 16.3. The molecule has 1 amide bonds. The summed E-state index contributed by atoms with van der Waals surface area (Å²) in [4.78, 5) is 16.5. The Morgan fingerprint density at radius 2 is 1.82 bits per heavy atom. The summed E-state index contributed by atoms with van der Waals surface area (Å²) in [6.45, 7) is 9.76. The van der Waals surface area contributed by atoms with Crippen LogP contribution < -0.4 is 20.4 Å². The molecule has 2 aromatic rings. The molecule has 3 rings (SSSR count). The molecule has 0 bridgehead atoms. The monoisotopic (exact) mass is 421 g/mol. The lowest BCUT2D eigenvalue weighted by Gasteiger charge is -2.33. The van der Waals surface area contributed by atoms with E-state index in [0.717, 1.165) is 18.8 Å². The van der Waals surface area contributed by atoms with Gasteiger partial charge in [-0.05, 0) is 56.3 Å². The molecule has 1 heterocycles. The number of hydrogen-bond acceptors (Lipinski definition) is 3. The maximum absolute atomic E-state index is 12.5. The van der Waals surface area contributed by atoms with Crippen LogP contribution in [0.1, 0.15) is 13.8 Å². The van der Waals surface area contributed by atoms with Crippen molar-refractivity contribution in [3.8, 4) is 0 Å². The van der Waals surface area contributed by atoms with Gasteiger partial charge in [-0.2, -0.15) is 0 Å². The normalized spacial score (nSPS) is 15.9. The van der Waals surface area contributed by atoms with E-state index in [9.17, 15) is 4.79 Å². The minimum absolute atomic E-state index is 0.174. The molecule has 0 unspecified atom stereocenters. The summed E-state index contributed by atoms with van der Waals surface area (Å²) in [5.74, 6) is -0.174. The molecule has 150 valence electrons. The van der Waals surface area contributed by atoms with Crippen molar-refractivity contribution in [2.24, 2.45) is 0 Å². The lowest BCUT2D eigenvalue weighted by molar-refractivity contribution is -0.898. The van der Waals surface area contributed by atoms with Crippen molar-refractivity contribution >= 4 is 46.2 Å². The van der Waals surface area contributed by atoms with E-state index in [1.165, 1.54) is 25.3 Å².